The molecule has 0 bridgehead atoms. The highest BCUT2D eigenvalue weighted by Crippen LogP contribution is 2.41. The third-order valence-corrected chi connectivity index (χ3v) is 5.89. The molecule has 0 amide bonds. The Labute approximate surface area is 164 Å². The lowest BCUT2D eigenvalue weighted by Crippen LogP contribution is -2.01. The number of fused-ring (bicyclic) bond motifs is 2. The summed E-state index contributed by atoms with van der Waals surface area (Å²) in [6, 6.07) is 22.3. The number of rotatable bonds is 4. The molecular formula is C26H22O2. The molecule has 0 atom stereocenters. The molecule has 0 fully saturated rings. The van der Waals surface area contributed by atoms with Crippen molar-refractivity contribution in [2.75, 3.05) is 7.11 Å². The smallest absolute Gasteiger partial charge is 0.305 e. The minimum Gasteiger partial charge on any atom is -0.469 e. The summed E-state index contributed by atoms with van der Waals surface area (Å²) in [5, 5.41) is 10.6. The molecule has 5 rings (SSSR count). The van der Waals surface area contributed by atoms with Gasteiger partial charge in [-0.05, 0) is 74.0 Å². The molecule has 0 spiro atoms. The van der Waals surface area contributed by atoms with E-state index in [1.807, 2.05) is 0 Å². The molecule has 0 aliphatic carbocycles. The van der Waals surface area contributed by atoms with Crippen LogP contribution in [0.4, 0.5) is 0 Å². The van der Waals surface area contributed by atoms with Gasteiger partial charge in [0.05, 0.1) is 7.11 Å². The number of ether oxygens (including phenoxy) is 1. The van der Waals surface area contributed by atoms with E-state index in [4.69, 9.17) is 4.74 Å². The first kappa shape index (κ1) is 17.0. The number of carbonyl (C=O) groups is 1. The van der Waals surface area contributed by atoms with Crippen LogP contribution in [-0.4, -0.2) is 13.1 Å². The van der Waals surface area contributed by atoms with Crippen LogP contribution in [0.1, 0.15) is 24.0 Å². The van der Waals surface area contributed by atoms with Gasteiger partial charge in [-0.2, -0.15) is 0 Å². The van der Waals surface area contributed by atoms with Crippen LogP contribution in [-0.2, 0) is 16.0 Å². The lowest BCUT2D eigenvalue weighted by atomic mass is 9.86. The summed E-state index contributed by atoms with van der Waals surface area (Å²) in [5.74, 6) is -0.139. The Morgan fingerprint density at radius 2 is 1.50 bits per heavy atom. The van der Waals surface area contributed by atoms with Crippen LogP contribution in [0.25, 0.3) is 43.1 Å². The van der Waals surface area contributed by atoms with Crippen molar-refractivity contribution < 1.29 is 9.53 Å². The first-order valence-electron chi connectivity index (χ1n) is 9.83. The maximum atomic E-state index is 11.5. The number of carbonyl (C=O) groups excluding carboxylic acids is 1. The number of esters is 1. The van der Waals surface area contributed by atoms with Crippen LogP contribution in [0.2, 0.25) is 0 Å². The lowest BCUT2D eigenvalue weighted by Gasteiger charge is -2.17. The first-order valence-corrected chi connectivity index (χ1v) is 9.83. The van der Waals surface area contributed by atoms with Crippen LogP contribution >= 0.6 is 0 Å². The number of benzene rings is 5. The van der Waals surface area contributed by atoms with E-state index in [0.29, 0.717) is 6.42 Å². The Morgan fingerprint density at radius 1 is 0.821 bits per heavy atom. The number of methoxy groups -OCH3 is 1. The summed E-state index contributed by atoms with van der Waals surface area (Å²) in [4.78, 5) is 11.5. The first-order chi connectivity index (χ1) is 13.7. The normalized spacial score (nSPS) is 11.8. The van der Waals surface area contributed by atoms with E-state index < -0.39 is 0 Å². The zero-order valence-electron chi connectivity index (χ0n) is 16.2. The van der Waals surface area contributed by atoms with Crippen molar-refractivity contribution in [1.82, 2.24) is 0 Å². The Bertz CT molecular complexity index is 1340. The molecule has 2 nitrogen and oxygen atoms in total. The summed E-state index contributed by atoms with van der Waals surface area (Å²) in [6.45, 7) is 2.17. The Balaban J connectivity index is 1.81. The van der Waals surface area contributed by atoms with Gasteiger partial charge in [0.15, 0.2) is 0 Å². The quantitative estimate of drug-likeness (QED) is 0.205. The molecule has 2 heteroatoms. The van der Waals surface area contributed by atoms with Gasteiger partial charge in [0.1, 0.15) is 0 Å². The van der Waals surface area contributed by atoms with Crippen molar-refractivity contribution in [2.45, 2.75) is 26.2 Å². The lowest BCUT2D eigenvalue weighted by molar-refractivity contribution is -0.140. The van der Waals surface area contributed by atoms with E-state index in [-0.39, 0.29) is 5.97 Å². The van der Waals surface area contributed by atoms with Crippen molar-refractivity contribution in [3.05, 3.63) is 71.8 Å². The van der Waals surface area contributed by atoms with Gasteiger partial charge < -0.3 is 4.74 Å². The minimum absolute atomic E-state index is 0.139. The molecule has 0 aromatic heterocycles. The van der Waals surface area contributed by atoms with Gasteiger partial charge in [-0.15, -0.1) is 0 Å². The minimum atomic E-state index is -0.139. The van der Waals surface area contributed by atoms with Gasteiger partial charge in [-0.3, -0.25) is 4.79 Å². The van der Waals surface area contributed by atoms with Crippen LogP contribution < -0.4 is 0 Å². The largest absolute Gasteiger partial charge is 0.469 e. The summed E-state index contributed by atoms with van der Waals surface area (Å²) >= 11 is 0. The van der Waals surface area contributed by atoms with Gasteiger partial charge in [0, 0.05) is 6.42 Å². The van der Waals surface area contributed by atoms with Crippen molar-refractivity contribution in [2.24, 2.45) is 0 Å². The third kappa shape index (κ3) is 2.52. The number of hydrogen-bond acceptors (Lipinski definition) is 2. The predicted octanol–water partition coefficient (Wildman–Crippen LogP) is 6.54. The highest BCUT2D eigenvalue weighted by atomic mass is 16.5. The van der Waals surface area contributed by atoms with Crippen molar-refractivity contribution in [3.8, 4) is 0 Å². The zero-order valence-corrected chi connectivity index (χ0v) is 16.2. The van der Waals surface area contributed by atoms with Crippen LogP contribution in [0.3, 0.4) is 0 Å². The fraction of sp³-hybridized carbons (Fsp3) is 0.192. The van der Waals surface area contributed by atoms with Gasteiger partial charge in [-0.25, -0.2) is 0 Å². The van der Waals surface area contributed by atoms with Crippen LogP contribution in [0, 0.1) is 6.92 Å². The standard InChI is InChI=1S/C26H22O2/c1-16-14-22-17(6-5-11-24(27)28-2)12-13-21-19-9-3-7-18-8-4-10-20(25(18)19)23(15-16)26(21)22/h3-4,7-10,12-15H,5-6,11H2,1-2H3. The topological polar surface area (TPSA) is 26.3 Å². The highest BCUT2D eigenvalue weighted by molar-refractivity contribution is 6.33. The monoisotopic (exact) mass is 366 g/mol. The summed E-state index contributed by atoms with van der Waals surface area (Å²) < 4.78 is 4.79. The molecule has 0 radical (unpaired) electrons. The number of aryl methyl sites for hydroxylation is 2. The molecular weight excluding hydrogens is 344 g/mol. The third-order valence-electron chi connectivity index (χ3n) is 5.89. The number of hydrogen-bond donors (Lipinski definition) is 0. The highest BCUT2D eigenvalue weighted by Gasteiger charge is 2.15. The van der Waals surface area contributed by atoms with Gasteiger partial charge in [0.2, 0.25) is 0 Å². The van der Waals surface area contributed by atoms with E-state index in [2.05, 4.69) is 67.6 Å². The average Bonchev–Trinajstić information content (AvgIpc) is 2.72. The second-order valence-corrected chi connectivity index (χ2v) is 7.65. The summed E-state index contributed by atoms with van der Waals surface area (Å²) in [7, 11) is 1.45. The predicted molar refractivity (Wildman–Crippen MR) is 117 cm³/mol. The maximum absolute atomic E-state index is 11.5. The summed E-state index contributed by atoms with van der Waals surface area (Å²) in [6.07, 6.45) is 2.14. The van der Waals surface area contributed by atoms with Crippen molar-refractivity contribution >= 4 is 49.1 Å². The van der Waals surface area contributed by atoms with Gasteiger partial charge in [-0.1, -0.05) is 60.7 Å². The molecule has 0 aliphatic rings. The van der Waals surface area contributed by atoms with Gasteiger partial charge >= 0.3 is 5.97 Å². The Kier molecular flexibility index (Phi) is 3.94. The fourth-order valence-corrected chi connectivity index (χ4v) is 4.66. The molecule has 138 valence electrons. The van der Waals surface area contributed by atoms with Crippen molar-refractivity contribution in [3.63, 3.8) is 0 Å². The zero-order chi connectivity index (χ0) is 19.3. The van der Waals surface area contributed by atoms with Crippen molar-refractivity contribution in [1.29, 1.82) is 0 Å². The molecule has 5 aromatic rings. The van der Waals surface area contributed by atoms with E-state index in [1.54, 1.807) is 0 Å². The molecule has 0 saturated heterocycles. The molecule has 0 N–H and O–H groups in total. The van der Waals surface area contributed by atoms with Gasteiger partial charge in [0.25, 0.3) is 0 Å². The molecule has 28 heavy (non-hydrogen) atoms. The molecule has 0 saturated carbocycles. The second-order valence-electron chi connectivity index (χ2n) is 7.65. The molecule has 0 aliphatic heterocycles. The van der Waals surface area contributed by atoms with E-state index >= 15 is 0 Å². The Morgan fingerprint density at radius 3 is 2.25 bits per heavy atom. The van der Waals surface area contributed by atoms with Crippen LogP contribution in [0.5, 0.6) is 0 Å². The second kappa shape index (κ2) is 6.49. The van der Waals surface area contributed by atoms with E-state index in [9.17, 15) is 4.79 Å². The summed E-state index contributed by atoms with van der Waals surface area (Å²) in [5.41, 5.74) is 2.57. The van der Waals surface area contributed by atoms with E-state index in [1.165, 1.54) is 61.3 Å². The molecule has 0 unspecified atom stereocenters. The molecule has 5 aromatic carbocycles. The average molecular weight is 366 g/mol. The SMILES string of the molecule is COC(=O)CCCc1ccc2c3cccc4cccc(c5cc(C)cc1c25)c43. The van der Waals surface area contributed by atoms with E-state index in [0.717, 1.165) is 12.8 Å². The molecule has 0 heterocycles. The fourth-order valence-electron chi connectivity index (χ4n) is 4.66. The Hall–Kier alpha value is -3.13. The van der Waals surface area contributed by atoms with Crippen LogP contribution in [0.15, 0.2) is 60.7 Å². The maximum Gasteiger partial charge on any atom is 0.305 e.